The van der Waals surface area contributed by atoms with E-state index in [4.69, 9.17) is 9.84 Å². The summed E-state index contributed by atoms with van der Waals surface area (Å²) in [6.07, 6.45) is 1.17. The Balaban J connectivity index is 2.54. The lowest BCUT2D eigenvalue weighted by Crippen LogP contribution is -2.12. The molecule has 2 rings (SSSR count). The fourth-order valence-electron chi connectivity index (χ4n) is 1.90. The fourth-order valence-corrected chi connectivity index (χ4v) is 3.03. The number of thiophene rings is 1. The number of esters is 1. The molecule has 0 bridgehead atoms. The molecule has 7 nitrogen and oxygen atoms in total. The van der Waals surface area contributed by atoms with Gasteiger partial charge in [-0.25, -0.2) is 9.48 Å². The Morgan fingerprint density at radius 2 is 2.14 bits per heavy atom. The van der Waals surface area contributed by atoms with Crippen LogP contribution in [0.15, 0.2) is 6.20 Å². The molecule has 0 aromatic carbocycles. The lowest BCUT2D eigenvalue weighted by molar-refractivity contribution is -0.136. The maximum Gasteiger partial charge on any atom is 0.341 e. The number of nitrogens with zero attached hydrogens (tertiary/aromatic N) is 3. The molecule has 2 aromatic rings. The van der Waals surface area contributed by atoms with Crippen molar-refractivity contribution in [3.8, 4) is 5.00 Å². The molecule has 21 heavy (non-hydrogen) atoms. The number of hydrogen-bond acceptors (Lipinski definition) is 6. The predicted molar refractivity (Wildman–Crippen MR) is 76.0 cm³/mol. The van der Waals surface area contributed by atoms with Crippen LogP contribution in [0.4, 0.5) is 0 Å². The summed E-state index contributed by atoms with van der Waals surface area (Å²) < 4.78 is 6.47. The van der Waals surface area contributed by atoms with Crippen molar-refractivity contribution in [3.63, 3.8) is 0 Å². The zero-order valence-corrected chi connectivity index (χ0v) is 12.7. The maximum atomic E-state index is 12.1. The zero-order valence-electron chi connectivity index (χ0n) is 11.9. The van der Waals surface area contributed by atoms with Gasteiger partial charge in [-0.15, -0.1) is 16.4 Å². The van der Waals surface area contributed by atoms with Crippen molar-refractivity contribution < 1.29 is 19.4 Å². The summed E-state index contributed by atoms with van der Waals surface area (Å²) >= 11 is 1.36. The first kappa shape index (κ1) is 15.2. The van der Waals surface area contributed by atoms with Crippen LogP contribution >= 0.6 is 11.3 Å². The highest BCUT2D eigenvalue weighted by Gasteiger charge is 2.24. The van der Waals surface area contributed by atoms with Crippen molar-refractivity contribution >= 4 is 23.3 Å². The van der Waals surface area contributed by atoms with Crippen LogP contribution in [0, 0.1) is 13.8 Å². The fraction of sp³-hybridized carbons (Fsp3) is 0.385. The Bertz CT molecular complexity index is 690. The quantitative estimate of drug-likeness (QED) is 0.846. The van der Waals surface area contributed by atoms with E-state index in [0.717, 1.165) is 10.4 Å². The van der Waals surface area contributed by atoms with Crippen molar-refractivity contribution in [3.05, 3.63) is 27.9 Å². The van der Waals surface area contributed by atoms with Crippen molar-refractivity contribution in [1.82, 2.24) is 15.0 Å². The van der Waals surface area contributed by atoms with Crippen LogP contribution in [-0.2, 0) is 16.0 Å². The highest BCUT2D eigenvalue weighted by atomic mass is 32.1. The van der Waals surface area contributed by atoms with Gasteiger partial charge in [-0.1, -0.05) is 5.21 Å². The minimum Gasteiger partial charge on any atom is -0.481 e. The lowest BCUT2D eigenvalue weighted by Gasteiger charge is -2.06. The molecule has 0 saturated carbocycles. The Hall–Kier alpha value is -2.22. The molecule has 0 spiro atoms. The average molecular weight is 309 g/mol. The third-order valence-electron chi connectivity index (χ3n) is 2.99. The Morgan fingerprint density at radius 1 is 1.43 bits per heavy atom. The van der Waals surface area contributed by atoms with Gasteiger partial charge in [-0.2, -0.15) is 0 Å². The van der Waals surface area contributed by atoms with Crippen LogP contribution < -0.4 is 0 Å². The summed E-state index contributed by atoms with van der Waals surface area (Å²) in [5.41, 5.74) is 1.64. The SMILES string of the molecule is CCOC(=O)c1c(-n2nncc2CC(=O)O)sc(C)c1C. The van der Waals surface area contributed by atoms with E-state index >= 15 is 0 Å². The molecule has 8 heteroatoms. The van der Waals surface area contributed by atoms with E-state index in [1.54, 1.807) is 6.92 Å². The van der Waals surface area contributed by atoms with Gasteiger partial charge in [-0.3, -0.25) is 4.79 Å². The second-order valence-electron chi connectivity index (χ2n) is 4.39. The predicted octanol–water partition coefficient (Wildman–Crippen LogP) is 1.75. The first-order valence-corrected chi connectivity index (χ1v) is 7.16. The number of aryl methyl sites for hydroxylation is 1. The van der Waals surface area contributed by atoms with Gasteiger partial charge in [0.1, 0.15) is 5.00 Å². The Kier molecular flexibility index (Phi) is 4.37. The van der Waals surface area contributed by atoms with E-state index in [2.05, 4.69) is 10.3 Å². The number of rotatable bonds is 5. The summed E-state index contributed by atoms with van der Waals surface area (Å²) in [6.45, 7) is 5.72. The molecule has 0 aliphatic carbocycles. The smallest absolute Gasteiger partial charge is 0.341 e. The minimum absolute atomic E-state index is 0.217. The third-order valence-corrected chi connectivity index (χ3v) is 4.17. The molecule has 1 N–H and O–H groups in total. The number of aliphatic carboxylic acids is 1. The van der Waals surface area contributed by atoms with Crippen LogP contribution in [0.25, 0.3) is 5.00 Å². The molecule has 0 unspecified atom stereocenters. The molecule has 0 aliphatic heterocycles. The second kappa shape index (κ2) is 6.04. The van der Waals surface area contributed by atoms with Crippen LogP contribution in [-0.4, -0.2) is 38.6 Å². The van der Waals surface area contributed by atoms with Gasteiger partial charge < -0.3 is 9.84 Å². The van der Waals surface area contributed by atoms with Crippen molar-refractivity contribution in [2.75, 3.05) is 6.61 Å². The largest absolute Gasteiger partial charge is 0.481 e. The molecular formula is C13H15N3O4S. The van der Waals surface area contributed by atoms with Gasteiger partial charge in [0.05, 0.1) is 30.5 Å². The highest BCUT2D eigenvalue weighted by Crippen LogP contribution is 2.31. The molecule has 2 heterocycles. The van der Waals surface area contributed by atoms with Gasteiger partial charge in [-0.05, 0) is 26.3 Å². The van der Waals surface area contributed by atoms with E-state index in [-0.39, 0.29) is 13.0 Å². The summed E-state index contributed by atoms with van der Waals surface area (Å²) in [5, 5.41) is 17.1. The molecule has 112 valence electrons. The molecule has 0 fully saturated rings. The highest BCUT2D eigenvalue weighted by molar-refractivity contribution is 7.15. The van der Waals surface area contributed by atoms with E-state index in [9.17, 15) is 9.59 Å². The normalized spacial score (nSPS) is 10.6. The number of carbonyl (C=O) groups excluding carboxylic acids is 1. The number of ether oxygens (including phenoxy) is 1. The molecular weight excluding hydrogens is 294 g/mol. The van der Waals surface area contributed by atoms with Crippen LogP contribution in [0.1, 0.15) is 33.4 Å². The van der Waals surface area contributed by atoms with Gasteiger partial charge in [0.25, 0.3) is 0 Å². The number of carbonyl (C=O) groups is 2. The average Bonchev–Trinajstić information content (AvgIpc) is 2.95. The van der Waals surface area contributed by atoms with E-state index in [0.29, 0.717) is 16.3 Å². The Labute approximate surface area is 125 Å². The standard InChI is InChI=1S/C13H15N3O4S/c1-4-20-13(19)11-7(2)8(3)21-12(11)16-9(5-10(17)18)6-14-15-16/h6H,4-5H2,1-3H3,(H,17,18). The van der Waals surface area contributed by atoms with Gasteiger partial charge in [0.15, 0.2) is 0 Å². The topological polar surface area (TPSA) is 94.3 Å². The van der Waals surface area contributed by atoms with Crippen LogP contribution in [0.5, 0.6) is 0 Å². The number of aromatic nitrogens is 3. The number of carboxylic acid groups (broad SMARTS) is 1. The monoisotopic (exact) mass is 309 g/mol. The molecule has 0 saturated heterocycles. The minimum atomic E-state index is -0.985. The van der Waals surface area contributed by atoms with E-state index < -0.39 is 11.9 Å². The lowest BCUT2D eigenvalue weighted by atomic mass is 10.1. The number of hydrogen-bond donors (Lipinski definition) is 1. The Morgan fingerprint density at radius 3 is 2.76 bits per heavy atom. The molecule has 0 atom stereocenters. The van der Waals surface area contributed by atoms with Gasteiger partial charge in [0.2, 0.25) is 0 Å². The zero-order chi connectivity index (χ0) is 15.6. The summed E-state index contributed by atoms with van der Waals surface area (Å²) in [5.74, 6) is -1.42. The third kappa shape index (κ3) is 2.94. The molecule has 0 aliphatic rings. The summed E-state index contributed by atoms with van der Waals surface area (Å²) in [6, 6.07) is 0. The van der Waals surface area contributed by atoms with Crippen molar-refractivity contribution in [2.24, 2.45) is 0 Å². The maximum absolute atomic E-state index is 12.1. The van der Waals surface area contributed by atoms with E-state index in [1.807, 2.05) is 13.8 Å². The van der Waals surface area contributed by atoms with Gasteiger partial charge in [0, 0.05) is 4.88 Å². The second-order valence-corrected chi connectivity index (χ2v) is 5.59. The molecule has 0 amide bonds. The molecule has 2 aromatic heterocycles. The van der Waals surface area contributed by atoms with Gasteiger partial charge >= 0.3 is 11.9 Å². The van der Waals surface area contributed by atoms with Crippen molar-refractivity contribution in [2.45, 2.75) is 27.2 Å². The van der Waals surface area contributed by atoms with E-state index in [1.165, 1.54) is 22.2 Å². The van der Waals surface area contributed by atoms with Crippen molar-refractivity contribution in [1.29, 1.82) is 0 Å². The summed E-state index contributed by atoms with van der Waals surface area (Å²) in [4.78, 5) is 24.0. The summed E-state index contributed by atoms with van der Waals surface area (Å²) in [7, 11) is 0. The van der Waals surface area contributed by atoms with Crippen LogP contribution in [0.2, 0.25) is 0 Å². The number of carboxylic acids is 1. The molecule has 0 radical (unpaired) electrons. The van der Waals surface area contributed by atoms with Crippen LogP contribution in [0.3, 0.4) is 0 Å². The first-order chi connectivity index (χ1) is 9.95. The first-order valence-electron chi connectivity index (χ1n) is 6.34.